The number of nitrogens with zero attached hydrogens (tertiary/aromatic N) is 1. The van der Waals surface area contributed by atoms with Gasteiger partial charge in [0, 0.05) is 5.38 Å². The fourth-order valence-corrected chi connectivity index (χ4v) is 2.38. The van der Waals surface area contributed by atoms with Gasteiger partial charge in [-0.1, -0.05) is 23.7 Å². The highest BCUT2D eigenvalue weighted by atomic mass is 35.5. The van der Waals surface area contributed by atoms with Crippen LogP contribution in [0.4, 0.5) is 5.13 Å². The second-order valence-electron chi connectivity index (χ2n) is 3.98. The quantitative estimate of drug-likeness (QED) is 0.851. The van der Waals surface area contributed by atoms with Crippen LogP contribution in [-0.2, 0) is 16.0 Å². The molecule has 110 valence electrons. The summed E-state index contributed by atoms with van der Waals surface area (Å²) in [7, 11) is 0. The van der Waals surface area contributed by atoms with Crippen molar-refractivity contribution in [1.29, 1.82) is 0 Å². The zero-order chi connectivity index (χ0) is 15.2. The van der Waals surface area contributed by atoms with Crippen molar-refractivity contribution in [3.8, 4) is 5.75 Å². The number of ether oxygens (including phenoxy) is 1. The Hall–Kier alpha value is -2.12. The van der Waals surface area contributed by atoms with Crippen molar-refractivity contribution in [1.82, 2.24) is 4.98 Å². The summed E-state index contributed by atoms with van der Waals surface area (Å²) in [6.07, 6.45) is -0.178. The first-order valence-corrected chi connectivity index (χ1v) is 7.13. The topological polar surface area (TPSA) is 88.5 Å². The molecule has 0 bridgehead atoms. The zero-order valence-corrected chi connectivity index (χ0v) is 12.3. The van der Waals surface area contributed by atoms with E-state index in [1.165, 1.54) is 0 Å². The molecule has 21 heavy (non-hydrogen) atoms. The maximum Gasteiger partial charge on any atom is 0.309 e. The Morgan fingerprint density at radius 1 is 1.38 bits per heavy atom. The Labute approximate surface area is 129 Å². The Bertz CT molecular complexity index is 659. The predicted octanol–water partition coefficient (Wildman–Crippen LogP) is 2.44. The van der Waals surface area contributed by atoms with Crippen molar-refractivity contribution in [2.75, 3.05) is 11.9 Å². The van der Waals surface area contributed by atoms with Gasteiger partial charge in [0.2, 0.25) is 0 Å². The molecule has 2 rings (SSSR count). The molecule has 0 aliphatic carbocycles. The molecule has 8 heteroatoms. The Kier molecular flexibility index (Phi) is 5.13. The van der Waals surface area contributed by atoms with Gasteiger partial charge in [0.05, 0.1) is 17.1 Å². The third-order valence-corrected chi connectivity index (χ3v) is 3.44. The van der Waals surface area contributed by atoms with E-state index in [0.29, 0.717) is 21.6 Å². The van der Waals surface area contributed by atoms with E-state index in [0.717, 1.165) is 11.3 Å². The van der Waals surface area contributed by atoms with Gasteiger partial charge in [-0.3, -0.25) is 14.9 Å². The SMILES string of the molecule is O=C(O)Cc1csc(NC(=O)COc2ccccc2Cl)n1. The summed E-state index contributed by atoms with van der Waals surface area (Å²) >= 11 is 7.05. The van der Waals surface area contributed by atoms with Gasteiger partial charge in [-0.15, -0.1) is 11.3 Å². The minimum absolute atomic E-state index is 0.178. The van der Waals surface area contributed by atoms with E-state index in [2.05, 4.69) is 10.3 Å². The number of benzene rings is 1. The maximum absolute atomic E-state index is 11.7. The van der Waals surface area contributed by atoms with Crippen molar-refractivity contribution in [2.24, 2.45) is 0 Å². The lowest BCUT2D eigenvalue weighted by atomic mass is 10.3. The number of halogens is 1. The van der Waals surface area contributed by atoms with E-state index in [4.69, 9.17) is 21.4 Å². The first-order chi connectivity index (χ1) is 10.0. The Morgan fingerprint density at radius 3 is 2.86 bits per heavy atom. The average Bonchev–Trinajstić information content (AvgIpc) is 2.84. The molecule has 0 saturated heterocycles. The molecule has 1 aromatic heterocycles. The molecule has 0 saturated carbocycles. The maximum atomic E-state index is 11.7. The smallest absolute Gasteiger partial charge is 0.309 e. The molecular formula is C13H11ClN2O4S. The largest absolute Gasteiger partial charge is 0.482 e. The van der Waals surface area contributed by atoms with Gasteiger partial charge in [-0.25, -0.2) is 4.98 Å². The van der Waals surface area contributed by atoms with E-state index < -0.39 is 11.9 Å². The lowest BCUT2D eigenvalue weighted by Crippen LogP contribution is -2.20. The molecule has 0 unspecified atom stereocenters. The molecule has 1 heterocycles. The summed E-state index contributed by atoms with van der Waals surface area (Å²) in [5.74, 6) is -0.952. The number of hydrogen-bond acceptors (Lipinski definition) is 5. The summed E-state index contributed by atoms with van der Waals surface area (Å²) in [6, 6.07) is 6.82. The lowest BCUT2D eigenvalue weighted by Gasteiger charge is -2.06. The van der Waals surface area contributed by atoms with Crippen molar-refractivity contribution >= 4 is 39.9 Å². The second-order valence-corrected chi connectivity index (χ2v) is 5.25. The molecule has 2 N–H and O–H groups in total. The highest BCUT2D eigenvalue weighted by Gasteiger charge is 2.10. The van der Waals surface area contributed by atoms with Crippen LogP contribution in [0.15, 0.2) is 29.6 Å². The summed E-state index contributed by atoms with van der Waals surface area (Å²) in [5.41, 5.74) is 0.398. The number of nitrogens with one attached hydrogen (secondary N) is 1. The van der Waals surface area contributed by atoms with E-state index >= 15 is 0 Å². The van der Waals surface area contributed by atoms with Crippen molar-refractivity contribution < 1.29 is 19.4 Å². The first kappa shape index (κ1) is 15.3. The highest BCUT2D eigenvalue weighted by molar-refractivity contribution is 7.13. The van der Waals surface area contributed by atoms with Gasteiger partial charge in [0.15, 0.2) is 11.7 Å². The molecule has 0 fully saturated rings. The number of amides is 1. The molecule has 0 atom stereocenters. The summed E-state index contributed by atoms with van der Waals surface area (Å²) in [6.45, 7) is -0.211. The standard InChI is InChI=1S/C13H11ClN2O4S/c14-9-3-1-2-4-10(9)20-6-11(17)16-13-15-8(7-21-13)5-12(18)19/h1-4,7H,5-6H2,(H,18,19)(H,15,16,17). The van der Waals surface area contributed by atoms with Crippen LogP contribution in [0.1, 0.15) is 5.69 Å². The molecule has 6 nitrogen and oxygen atoms in total. The fraction of sp³-hybridized carbons (Fsp3) is 0.154. The van der Waals surface area contributed by atoms with Crippen LogP contribution in [0.3, 0.4) is 0 Å². The van der Waals surface area contributed by atoms with Crippen molar-refractivity contribution in [3.05, 3.63) is 40.4 Å². The second kappa shape index (κ2) is 7.05. The average molecular weight is 327 g/mol. The van der Waals surface area contributed by atoms with E-state index in [9.17, 15) is 9.59 Å². The number of rotatable bonds is 6. The van der Waals surface area contributed by atoms with Crippen LogP contribution in [0.5, 0.6) is 5.75 Å². The van der Waals surface area contributed by atoms with Crippen LogP contribution in [0.2, 0.25) is 5.02 Å². The number of carbonyl (C=O) groups is 2. The van der Waals surface area contributed by atoms with Gasteiger partial charge in [0.25, 0.3) is 5.91 Å². The number of anilines is 1. The molecular weight excluding hydrogens is 316 g/mol. The number of aromatic nitrogens is 1. The van der Waals surface area contributed by atoms with Crippen LogP contribution < -0.4 is 10.1 Å². The van der Waals surface area contributed by atoms with Gasteiger partial charge in [0.1, 0.15) is 5.75 Å². The number of aliphatic carboxylic acids is 1. The molecule has 1 amide bonds. The molecule has 0 spiro atoms. The number of carbonyl (C=O) groups excluding carboxylic acids is 1. The van der Waals surface area contributed by atoms with Gasteiger partial charge in [-0.05, 0) is 12.1 Å². The molecule has 0 aliphatic heterocycles. The zero-order valence-electron chi connectivity index (χ0n) is 10.7. The minimum Gasteiger partial charge on any atom is -0.482 e. The highest BCUT2D eigenvalue weighted by Crippen LogP contribution is 2.23. The Balaban J connectivity index is 1.86. The van der Waals surface area contributed by atoms with Crippen LogP contribution in [0.25, 0.3) is 0 Å². The molecule has 1 aromatic carbocycles. The lowest BCUT2D eigenvalue weighted by molar-refractivity contribution is -0.136. The summed E-state index contributed by atoms with van der Waals surface area (Å²) in [4.78, 5) is 26.2. The Morgan fingerprint density at radius 2 is 2.14 bits per heavy atom. The fourth-order valence-electron chi connectivity index (χ4n) is 1.46. The molecule has 2 aromatic rings. The van der Waals surface area contributed by atoms with Crippen LogP contribution >= 0.6 is 22.9 Å². The number of hydrogen-bond donors (Lipinski definition) is 2. The molecule has 0 radical (unpaired) electrons. The first-order valence-electron chi connectivity index (χ1n) is 5.88. The van der Waals surface area contributed by atoms with Crippen molar-refractivity contribution in [2.45, 2.75) is 6.42 Å². The number of para-hydroxylation sites is 1. The number of carboxylic acid groups (broad SMARTS) is 1. The number of carboxylic acids is 1. The van der Waals surface area contributed by atoms with Gasteiger partial charge in [-0.2, -0.15) is 0 Å². The van der Waals surface area contributed by atoms with E-state index in [1.54, 1.807) is 29.6 Å². The van der Waals surface area contributed by atoms with Gasteiger partial charge >= 0.3 is 5.97 Å². The van der Waals surface area contributed by atoms with Gasteiger partial charge < -0.3 is 9.84 Å². The van der Waals surface area contributed by atoms with Crippen LogP contribution in [-0.4, -0.2) is 28.6 Å². The monoisotopic (exact) mass is 326 g/mol. The van der Waals surface area contributed by atoms with Crippen molar-refractivity contribution in [3.63, 3.8) is 0 Å². The van der Waals surface area contributed by atoms with E-state index in [1.807, 2.05) is 0 Å². The summed E-state index contributed by atoms with van der Waals surface area (Å²) < 4.78 is 5.28. The summed E-state index contributed by atoms with van der Waals surface area (Å²) in [5, 5.41) is 13.5. The normalized spacial score (nSPS) is 10.1. The third-order valence-electron chi connectivity index (χ3n) is 2.33. The molecule has 0 aliphatic rings. The number of thiazole rings is 1. The third kappa shape index (κ3) is 4.73. The van der Waals surface area contributed by atoms with Crippen LogP contribution in [0, 0.1) is 0 Å². The van der Waals surface area contributed by atoms with E-state index in [-0.39, 0.29) is 13.0 Å². The minimum atomic E-state index is -0.972. The predicted molar refractivity (Wildman–Crippen MR) is 79.0 cm³/mol.